The van der Waals surface area contributed by atoms with Gasteiger partial charge in [-0.3, -0.25) is 0 Å². The van der Waals surface area contributed by atoms with Crippen molar-refractivity contribution in [2.75, 3.05) is 9.80 Å². The maximum Gasteiger partial charge on any atom is 0.252 e. The van der Waals surface area contributed by atoms with E-state index in [4.69, 9.17) is 0 Å². The van der Waals surface area contributed by atoms with Crippen LogP contribution in [0, 0.1) is 0 Å². The van der Waals surface area contributed by atoms with E-state index < -0.39 is 0 Å². The van der Waals surface area contributed by atoms with Crippen molar-refractivity contribution < 1.29 is 0 Å². The maximum absolute atomic E-state index is 2.66. The van der Waals surface area contributed by atoms with Crippen LogP contribution < -0.4 is 26.2 Å². The molecule has 0 aliphatic carbocycles. The van der Waals surface area contributed by atoms with E-state index in [1.165, 1.54) is 59.8 Å². The zero-order chi connectivity index (χ0) is 70.9. The molecular weight excluding hydrogens is 1310 g/mol. The summed E-state index contributed by atoms with van der Waals surface area (Å²) in [6, 6.07) is 149. The summed E-state index contributed by atoms with van der Waals surface area (Å²) in [4.78, 5) is 5.31. The second-order valence-electron chi connectivity index (χ2n) is 28.6. The standard InChI is InChI=1S/C102H66BN5/c1-6-32-67(33-7-1)74-42-16-24-50-87(74)104-92-55-29-21-47-79(92)82-60-72(58-59-95(82)104)73-61-100-102-101(62-73)108(91-54-28-20-46-78(91)71-40-14-5-15-41-71)99-66-97-84(81-49-23-31-57-94(81)106(97)89-52-26-18-44-76(89)69-36-10-3-11-37-69)64-86(99)103(102)85-63-83-80-48-22-30-56-93(80)105(88-51-25-17-43-75(88)68-34-8-2-9-35-68)96(83)65-98(85)107(100)90-53-27-19-45-77(90)70-38-12-4-13-39-70/h1-66H. The lowest BCUT2D eigenvalue weighted by Gasteiger charge is -2.45. The van der Waals surface area contributed by atoms with Crippen LogP contribution in [0.5, 0.6) is 0 Å². The number of para-hydroxylation sites is 8. The van der Waals surface area contributed by atoms with E-state index in [1.54, 1.807) is 0 Å². The molecule has 0 atom stereocenters. The second kappa shape index (κ2) is 24.7. The van der Waals surface area contributed by atoms with Crippen molar-refractivity contribution in [3.05, 3.63) is 400 Å². The van der Waals surface area contributed by atoms with Crippen LogP contribution in [0.3, 0.4) is 0 Å². The van der Waals surface area contributed by atoms with Crippen LogP contribution in [0.25, 0.3) is 149 Å². The number of rotatable bonds is 11. The molecule has 5 nitrogen and oxygen atoms in total. The molecular formula is C102H66BN5. The zero-order valence-electron chi connectivity index (χ0n) is 58.9. The van der Waals surface area contributed by atoms with Crippen molar-refractivity contribution in [3.8, 4) is 83.8 Å². The lowest BCUT2D eigenvalue weighted by molar-refractivity contribution is 1.18. The molecule has 0 fully saturated rings. The molecule has 6 heteroatoms. The third kappa shape index (κ3) is 9.46. The predicted molar refractivity (Wildman–Crippen MR) is 456 cm³/mol. The van der Waals surface area contributed by atoms with Crippen molar-refractivity contribution in [1.82, 2.24) is 13.7 Å². The van der Waals surface area contributed by atoms with Crippen LogP contribution in [0.1, 0.15) is 0 Å². The van der Waals surface area contributed by atoms with Gasteiger partial charge in [-0.2, -0.15) is 0 Å². The van der Waals surface area contributed by atoms with Gasteiger partial charge in [-0.15, -0.1) is 0 Å². The molecule has 0 bridgehead atoms. The number of benzene rings is 17. The van der Waals surface area contributed by atoms with Gasteiger partial charge in [0.2, 0.25) is 0 Å². The van der Waals surface area contributed by atoms with E-state index in [9.17, 15) is 0 Å². The third-order valence-corrected chi connectivity index (χ3v) is 22.8. The Kier molecular flexibility index (Phi) is 14.0. The van der Waals surface area contributed by atoms with Crippen LogP contribution in [-0.4, -0.2) is 20.4 Å². The summed E-state index contributed by atoms with van der Waals surface area (Å²) in [5, 5.41) is 7.15. The van der Waals surface area contributed by atoms with Gasteiger partial charge < -0.3 is 23.5 Å². The topological polar surface area (TPSA) is 21.3 Å². The zero-order valence-corrected chi connectivity index (χ0v) is 58.9. The molecule has 0 saturated heterocycles. The van der Waals surface area contributed by atoms with Gasteiger partial charge in [0.15, 0.2) is 0 Å². The Labute approximate surface area is 626 Å². The monoisotopic (exact) mass is 1370 g/mol. The van der Waals surface area contributed by atoms with Crippen molar-refractivity contribution in [1.29, 1.82) is 0 Å². The Morgan fingerprint density at radius 2 is 0.435 bits per heavy atom. The van der Waals surface area contributed by atoms with Gasteiger partial charge in [0.25, 0.3) is 6.71 Å². The first kappa shape index (κ1) is 61.3. The minimum Gasteiger partial charge on any atom is -0.311 e. The van der Waals surface area contributed by atoms with Gasteiger partial charge in [0, 0.05) is 82.9 Å². The highest BCUT2D eigenvalue weighted by atomic mass is 15.2. The average molecular weight is 1370 g/mol. The molecule has 3 aromatic heterocycles. The van der Waals surface area contributed by atoms with Crippen LogP contribution in [0.2, 0.25) is 0 Å². The Morgan fingerprint density at radius 1 is 0.157 bits per heavy atom. The molecule has 0 radical (unpaired) electrons. The van der Waals surface area contributed by atoms with Crippen molar-refractivity contribution in [3.63, 3.8) is 0 Å². The molecule has 0 saturated carbocycles. The first-order valence-electron chi connectivity index (χ1n) is 37.3. The van der Waals surface area contributed by atoms with Gasteiger partial charge >= 0.3 is 0 Å². The molecule has 5 heterocycles. The quantitative estimate of drug-likeness (QED) is 0.120. The summed E-state index contributed by atoms with van der Waals surface area (Å²) in [6.07, 6.45) is 0. The summed E-state index contributed by atoms with van der Waals surface area (Å²) < 4.78 is 7.56. The minimum atomic E-state index is -0.286. The minimum absolute atomic E-state index is 0.286. The van der Waals surface area contributed by atoms with E-state index in [0.29, 0.717) is 0 Å². The highest BCUT2D eigenvalue weighted by molar-refractivity contribution is 7.00. The summed E-state index contributed by atoms with van der Waals surface area (Å²) in [5.41, 5.74) is 34.3. The molecule has 17 aromatic carbocycles. The van der Waals surface area contributed by atoms with Crippen LogP contribution >= 0.6 is 0 Å². The molecule has 2 aliphatic heterocycles. The van der Waals surface area contributed by atoms with E-state index in [0.717, 1.165) is 140 Å². The SMILES string of the molecule is c1ccc(-c2ccccc2N2c3cc4c(cc3B3c5cc6c7ccccc7n(-c7ccccc7-c7ccccc7)c6cc5N(c5ccccc5-c5ccccc5)c5cc(-c6ccc7c(c6)c6ccccc6n7-c6ccccc6-c6ccccc6)cc2c53)c2ccccc2n4-c2ccccc2-c2ccccc2)cc1. The van der Waals surface area contributed by atoms with Crippen LogP contribution in [0.4, 0.5) is 34.1 Å². The average Bonchev–Trinajstić information content (AvgIpc) is 1.20. The Bertz CT molecular complexity index is 6680. The van der Waals surface area contributed by atoms with Gasteiger partial charge in [-0.05, 0) is 140 Å². The fourth-order valence-corrected chi connectivity index (χ4v) is 18.2. The van der Waals surface area contributed by atoms with E-state index in [1.807, 2.05) is 0 Å². The van der Waals surface area contributed by atoms with Gasteiger partial charge in [0.05, 0.1) is 61.5 Å². The normalized spacial score (nSPS) is 12.4. The lowest BCUT2D eigenvalue weighted by Crippen LogP contribution is -2.61. The summed E-state index contributed by atoms with van der Waals surface area (Å²) in [5.74, 6) is 0. The predicted octanol–water partition coefficient (Wildman–Crippen LogP) is 25.1. The van der Waals surface area contributed by atoms with E-state index in [-0.39, 0.29) is 6.71 Å². The summed E-state index contributed by atoms with van der Waals surface area (Å²) >= 11 is 0. The fraction of sp³-hybridized carbons (Fsp3) is 0. The highest BCUT2D eigenvalue weighted by Gasteiger charge is 2.46. The number of fused-ring (bicyclic) bond motifs is 13. The fourth-order valence-electron chi connectivity index (χ4n) is 18.2. The van der Waals surface area contributed by atoms with Crippen molar-refractivity contribution >= 4 is 123 Å². The maximum atomic E-state index is 2.66. The Morgan fingerprint density at radius 3 is 0.796 bits per heavy atom. The molecule has 22 rings (SSSR count). The van der Waals surface area contributed by atoms with Gasteiger partial charge in [0.1, 0.15) is 0 Å². The van der Waals surface area contributed by atoms with Gasteiger partial charge in [-0.25, -0.2) is 0 Å². The number of hydrogen-bond donors (Lipinski definition) is 0. The lowest BCUT2D eigenvalue weighted by atomic mass is 9.33. The summed E-state index contributed by atoms with van der Waals surface area (Å²) in [6.45, 7) is -0.286. The Balaban J connectivity index is 0.898. The first-order chi connectivity index (χ1) is 53.6. The molecule has 2 aliphatic rings. The first-order valence-corrected chi connectivity index (χ1v) is 37.3. The van der Waals surface area contributed by atoms with Crippen molar-refractivity contribution in [2.24, 2.45) is 0 Å². The van der Waals surface area contributed by atoms with Crippen molar-refractivity contribution in [2.45, 2.75) is 0 Å². The number of hydrogen-bond acceptors (Lipinski definition) is 2. The number of anilines is 6. The highest BCUT2D eigenvalue weighted by Crippen LogP contribution is 2.53. The van der Waals surface area contributed by atoms with E-state index in [2.05, 4.69) is 424 Å². The van der Waals surface area contributed by atoms with E-state index >= 15 is 0 Å². The Hall–Kier alpha value is -14.2. The molecule has 0 unspecified atom stereocenters. The van der Waals surface area contributed by atoms with Crippen LogP contribution in [-0.2, 0) is 0 Å². The van der Waals surface area contributed by atoms with Crippen LogP contribution in [0.15, 0.2) is 400 Å². The molecule has 0 amide bonds. The largest absolute Gasteiger partial charge is 0.311 e. The second-order valence-corrected chi connectivity index (χ2v) is 28.6. The third-order valence-electron chi connectivity index (χ3n) is 22.8. The molecule has 0 N–H and O–H groups in total. The molecule has 502 valence electrons. The summed E-state index contributed by atoms with van der Waals surface area (Å²) in [7, 11) is 0. The van der Waals surface area contributed by atoms with Gasteiger partial charge in [-0.1, -0.05) is 315 Å². The number of aromatic nitrogens is 3. The smallest absolute Gasteiger partial charge is 0.252 e. The molecule has 0 spiro atoms. The number of nitrogens with zero attached hydrogens (tertiary/aromatic N) is 5. The molecule has 108 heavy (non-hydrogen) atoms. The molecule has 20 aromatic rings.